The van der Waals surface area contributed by atoms with Crippen molar-refractivity contribution < 1.29 is 19.4 Å². The quantitative estimate of drug-likeness (QED) is 0.816. The molecule has 2 heterocycles. The van der Waals surface area contributed by atoms with E-state index in [0.29, 0.717) is 18.6 Å². The Balaban J connectivity index is 2.09. The first kappa shape index (κ1) is 13.9. The van der Waals surface area contributed by atoms with Crippen LogP contribution in [0.25, 0.3) is 0 Å². The smallest absolute Gasteiger partial charge is 0.250 e. The van der Waals surface area contributed by atoms with Crippen LogP contribution in [0.5, 0.6) is 5.75 Å². The van der Waals surface area contributed by atoms with E-state index in [2.05, 4.69) is 5.32 Å². The number of nitrogens with one attached hydrogen (secondary N) is 1. The maximum Gasteiger partial charge on any atom is 0.250 e. The zero-order chi connectivity index (χ0) is 15.2. The lowest BCUT2D eigenvalue weighted by atomic mass is 9.79. The minimum atomic E-state index is -1.04. The number of aliphatic hydroxyl groups is 1. The summed E-state index contributed by atoms with van der Waals surface area (Å²) in [6.07, 6.45) is -0.274. The van der Waals surface area contributed by atoms with Crippen molar-refractivity contribution in [2.75, 3.05) is 14.2 Å². The molecule has 6 nitrogen and oxygen atoms in total. The third-order valence-corrected chi connectivity index (χ3v) is 4.49. The van der Waals surface area contributed by atoms with E-state index in [4.69, 9.17) is 4.74 Å². The minimum Gasteiger partial charge on any atom is -0.497 e. The van der Waals surface area contributed by atoms with Gasteiger partial charge in [-0.3, -0.25) is 9.59 Å². The molecule has 0 aromatic heterocycles. The molecule has 2 aliphatic heterocycles. The number of benzene rings is 1. The van der Waals surface area contributed by atoms with Gasteiger partial charge in [0.2, 0.25) is 5.91 Å². The van der Waals surface area contributed by atoms with E-state index < -0.39 is 17.7 Å². The van der Waals surface area contributed by atoms with Crippen LogP contribution in [0.3, 0.4) is 0 Å². The Kier molecular flexibility index (Phi) is 3.13. The number of rotatable bonds is 2. The maximum absolute atomic E-state index is 12.5. The fraction of sp³-hybridized carbons (Fsp3) is 0.467. The van der Waals surface area contributed by atoms with Crippen LogP contribution >= 0.6 is 0 Å². The Hall–Kier alpha value is -2.08. The van der Waals surface area contributed by atoms with E-state index in [9.17, 15) is 14.7 Å². The molecule has 6 heteroatoms. The summed E-state index contributed by atoms with van der Waals surface area (Å²) in [6.45, 7) is 0. The lowest BCUT2D eigenvalue weighted by Crippen LogP contribution is -2.51. The molecule has 0 aliphatic carbocycles. The van der Waals surface area contributed by atoms with Crippen molar-refractivity contribution in [2.24, 2.45) is 0 Å². The van der Waals surface area contributed by atoms with Crippen LogP contribution in [0.2, 0.25) is 0 Å². The fourth-order valence-electron chi connectivity index (χ4n) is 3.42. The van der Waals surface area contributed by atoms with Crippen LogP contribution < -0.4 is 10.1 Å². The molecule has 1 unspecified atom stereocenters. The van der Waals surface area contributed by atoms with Crippen molar-refractivity contribution in [2.45, 2.75) is 30.5 Å². The molecule has 2 fully saturated rings. The monoisotopic (exact) mass is 290 g/mol. The lowest BCUT2D eigenvalue weighted by molar-refractivity contribution is -0.136. The first-order chi connectivity index (χ1) is 9.99. The summed E-state index contributed by atoms with van der Waals surface area (Å²) < 4.78 is 5.21. The topological polar surface area (TPSA) is 78.9 Å². The standard InChI is InChI=1S/C15H18N2O4/c1-17-13(19)12(9-4-3-5-10(8-9)21-2)15(14(17)20)7-6-11(18)16-15/h3-5,8,12-13,19H,6-7H2,1-2H3,(H,16,18)/t12-,13?,15-/m1/s1. The van der Waals surface area contributed by atoms with Gasteiger partial charge < -0.3 is 20.1 Å². The maximum atomic E-state index is 12.5. The highest BCUT2D eigenvalue weighted by Crippen LogP contribution is 2.45. The van der Waals surface area contributed by atoms with Gasteiger partial charge in [-0.1, -0.05) is 12.1 Å². The zero-order valence-electron chi connectivity index (χ0n) is 12.0. The van der Waals surface area contributed by atoms with E-state index in [-0.39, 0.29) is 11.8 Å². The Morgan fingerprint density at radius 2 is 2.19 bits per heavy atom. The Bertz CT molecular complexity index is 603. The molecular weight excluding hydrogens is 272 g/mol. The van der Waals surface area contributed by atoms with Crippen LogP contribution in [-0.2, 0) is 9.59 Å². The SMILES string of the molecule is COc1cccc([C@@H]2C(O)N(C)C(=O)[C@@]23CCC(=O)N3)c1. The Morgan fingerprint density at radius 3 is 2.81 bits per heavy atom. The molecule has 112 valence electrons. The Labute approximate surface area is 122 Å². The number of carbonyl (C=O) groups is 2. The van der Waals surface area contributed by atoms with Gasteiger partial charge in [0.05, 0.1) is 13.0 Å². The number of likely N-dealkylation sites (tertiary alicyclic amines) is 1. The number of methoxy groups -OCH3 is 1. The van der Waals surface area contributed by atoms with Gasteiger partial charge in [0.1, 0.15) is 17.5 Å². The van der Waals surface area contributed by atoms with Crippen LogP contribution in [0.4, 0.5) is 0 Å². The van der Waals surface area contributed by atoms with E-state index in [1.165, 1.54) is 4.90 Å². The molecule has 2 N–H and O–H groups in total. The highest BCUT2D eigenvalue weighted by Gasteiger charge is 2.61. The highest BCUT2D eigenvalue weighted by atomic mass is 16.5. The number of aliphatic hydroxyl groups excluding tert-OH is 1. The predicted octanol–water partition coefficient (Wildman–Crippen LogP) is 0.218. The summed E-state index contributed by atoms with van der Waals surface area (Å²) in [5.41, 5.74) is -0.265. The molecule has 1 aromatic rings. The van der Waals surface area contributed by atoms with E-state index in [1.807, 2.05) is 12.1 Å². The van der Waals surface area contributed by atoms with E-state index in [1.54, 1.807) is 26.3 Å². The summed E-state index contributed by atoms with van der Waals surface area (Å²) in [4.78, 5) is 25.5. The third kappa shape index (κ3) is 1.90. The zero-order valence-corrected chi connectivity index (χ0v) is 12.0. The number of hydrogen-bond acceptors (Lipinski definition) is 4. The molecular formula is C15H18N2O4. The molecule has 2 amide bonds. The average molecular weight is 290 g/mol. The summed E-state index contributed by atoms with van der Waals surface area (Å²) in [7, 11) is 3.12. The van der Waals surface area contributed by atoms with Gasteiger partial charge in [-0.2, -0.15) is 0 Å². The molecule has 21 heavy (non-hydrogen) atoms. The van der Waals surface area contributed by atoms with Gasteiger partial charge in [0.25, 0.3) is 5.91 Å². The Morgan fingerprint density at radius 1 is 1.43 bits per heavy atom. The third-order valence-electron chi connectivity index (χ3n) is 4.49. The van der Waals surface area contributed by atoms with E-state index >= 15 is 0 Å². The largest absolute Gasteiger partial charge is 0.497 e. The second kappa shape index (κ2) is 4.73. The van der Waals surface area contributed by atoms with Gasteiger partial charge in [0.15, 0.2) is 0 Å². The first-order valence-electron chi connectivity index (χ1n) is 6.90. The summed E-state index contributed by atoms with van der Waals surface area (Å²) >= 11 is 0. The van der Waals surface area contributed by atoms with Crippen molar-refractivity contribution in [3.8, 4) is 5.75 Å². The van der Waals surface area contributed by atoms with Gasteiger partial charge in [-0.25, -0.2) is 0 Å². The first-order valence-corrected chi connectivity index (χ1v) is 6.90. The second-order valence-corrected chi connectivity index (χ2v) is 5.60. The summed E-state index contributed by atoms with van der Waals surface area (Å²) in [5.74, 6) is -0.245. The molecule has 3 atom stereocenters. The molecule has 1 spiro atoms. The summed E-state index contributed by atoms with van der Waals surface area (Å²) in [6, 6.07) is 7.26. The molecule has 2 saturated heterocycles. The van der Waals surface area contributed by atoms with Gasteiger partial charge in [-0.05, 0) is 24.1 Å². The normalized spacial score (nSPS) is 31.9. The lowest BCUT2D eigenvalue weighted by Gasteiger charge is -2.29. The number of hydrogen-bond donors (Lipinski definition) is 2. The number of amides is 2. The van der Waals surface area contributed by atoms with Crippen LogP contribution in [0.15, 0.2) is 24.3 Å². The average Bonchev–Trinajstić information content (AvgIpc) is 2.95. The highest BCUT2D eigenvalue weighted by molar-refractivity contribution is 5.97. The van der Waals surface area contributed by atoms with Crippen LogP contribution in [0, 0.1) is 0 Å². The van der Waals surface area contributed by atoms with Crippen molar-refractivity contribution in [1.82, 2.24) is 10.2 Å². The van der Waals surface area contributed by atoms with Crippen LogP contribution in [-0.4, -0.2) is 47.7 Å². The van der Waals surface area contributed by atoms with E-state index in [0.717, 1.165) is 5.56 Å². The fourth-order valence-corrected chi connectivity index (χ4v) is 3.42. The second-order valence-electron chi connectivity index (χ2n) is 5.60. The molecule has 0 bridgehead atoms. The molecule has 1 aromatic carbocycles. The molecule has 0 saturated carbocycles. The number of carbonyl (C=O) groups excluding carboxylic acids is 2. The van der Waals surface area contributed by atoms with Gasteiger partial charge in [-0.15, -0.1) is 0 Å². The van der Waals surface area contributed by atoms with Crippen molar-refractivity contribution in [3.05, 3.63) is 29.8 Å². The summed E-state index contributed by atoms with van der Waals surface area (Å²) in [5, 5.41) is 13.3. The minimum absolute atomic E-state index is 0.154. The molecule has 0 radical (unpaired) electrons. The number of likely N-dealkylation sites (N-methyl/N-ethyl adjacent to an activating group) is 1. The predicted molar refractivity (Wildman–Crippen MR) is 74.6 cm³/mol. The number of nitrogens with zero attached hydrogens (tertiary/aromatic N) is 1. The molecule has 3 rings (SSSR count). The van der Waals surface area contributed by atoms with Crippen LogP contribution in [0.1, 0.15) is 24.3 Å². The number of ether oxygens (including phenoxy) is 1. The van der Waals surface area contributed by atoms with Gasteiger partial charge in [0, 0.05) is 13.5 Å². The van der Waals surface area contributed by atoms with Crippen molar-refractivity contribution in [3.63, 3.8) is 0 Å². The molecule has 2 aliphatic rings. The van der Waals surface area contributed by atoms with Crippen molar-refractivity contribution >= 4 is 11.8 Å². The van der Waals surface area contributed by atoms with Crippen molar-refractivity contribution in [1.29, 1.82) is 0 Å². The van der Waals surface area contributed by atoms with Gasteiger partial charge >= 0.3 is 0 Å².